The summed E-state index contributed by atoms with van der Waals surface area (Å²) in [6.07, 6.45) is 11.2. The third-order valence-electron chi connectivity index (χ3n) is 8.98. The van der Waals surface area contributed by atoms with Gasteiger partial charge in [0.25, 0.3) is 0 Å². The fourth-order valence-corrected chi connectivity index (χ4v) is 17.4. The molecule has 2 aliphatic carbocycles. The summed E-state index contributed by atoms with van der Waals surface area (Å²) in [5, 5.41) is 0.741. The molecule has 4 aliphatic rings. The Labute approximate surface area is 258 Å². The van der Waals surface area contributed by atoms with Crippen LogP contribution in [0.5, 0.6) is 0 Å². The normalized spacial score (nSPS) is 43.3. The Bertz CT molecular complexity index is 862. The van der Waals surface area contributed by atoms with Gasteiger partial charge in [0, 0.05) is 39.9 Å². The van der Waals surface area contributed by atoms with E-state index in [2.05, 4.69) is 62.3 Å². The van der Waals surface area contributed by atoms with E-state index in [4.69, 9.17) is 51.8 Å². The van der Waals surface area contributed by atoms with Gasteiger partial charge >= 0.3 is 17.6 Å². The molecule has 10 heteroatoms. The summed E-state index contributed by atoms with van der Waals surface area (Å²) >= 11 is 9.75. The van der Waals surface area contributed by atoms with E-state index in [1.807, 2.05) is 0 Å². The summed E-state index contributed by atoms with van der Waals surface area (Å²) in [5.41, 5.74) is -0.515. The van der Waals surface area contributed by atoms with Gasteiger partial charge in [0.2, 0.25) is 0 Å². The Kier molecular flexibility index (Phi) is 10.7. The molecule has 0 amide bonds. The Balaban J connectivity index is 1.55. The first-order valence-electron chi connectivity index (χ1n) is 15.9. The lowest BCUT2D eigenvalue weighted by Crippen LogP contribution is -2.64. The zero-order valence-electron chi connectivity index (χ0n) is 26.7. The maximum atomic E-state index is 7.18. The Morgan fingerprint density at radius 3 is 1.73 bits per heavy atom. The van der Waals surface area contributed by atoms with Crippen LogP contribution in [0, 0.1) is 0 Å². The van der Waals surface area contributed by atoms with Gasteiger partial charge in [0.05, 0.1) is 16.8 Å². The second kappa shape index (κ2) is 12.7. The average molecular weight is 635 g/mol. The molecule has 0 radical (unpaired) electrons. The van der Waals surface area contributed by atoms with Crippen LogP contribution in [0.25, 0.3) is 0 Å². The lowest BCUT2D eigenvalue weighted by molar-refractivity contribution is -0.133. The van der Waals surface area contributed by atoms with Crippen LogP contribution in [0.2, 0.25) is 11.1 Å². The monoisotopic (exact) mass is 634 g/mol. The van der Waals surface area contributed by atoms with E-state index >= 15 is 0 Å². The molecule has 9 unspecified atom stereocenters. The molecule has 9 atom stereocenters. The van der Waals surface area contributed by atoms with Crippen LogP contribution < -0.4 is 0 Å². The van der Waals surface area contributed by atoms with Gasteiger partial charge in [-0.3, -0.25) is 0 Å². The average Bonchev–Trinajstić information content (AvgIpc) is 2.75. The van der Waals surface area contributed by atoms with Gasteiger partial charge in [-0.15, -0.1) is 0 Å². The highest BCUT2D eigenvalue weighted by atomic mass is 32.1. The molecule has 4 rings (SSSR count). The van der Waals surface area contributed by atoms with Crippen molar-refractivity contribution in [1.82, 2.24) is 0 Å². The molecule has 2 saturated heterocycles. The predicted molar refractivity (Wildman–Crippen MR) is 172 cm³/mol. The molecule has 0 aromatic heterocycles. The topological polar surface area (TPSA) is 55.4 Å². The summed E-state index contributed by atoms with van der Waals surface area (Å²) in [6, 6.07) is 0. The minimum Gasteiger partial charge on any atom is -0.370 e. The van der Waals surface area contributed by atoms with Crippen LogP contribution >= 0.6 is 25.3 Å². The van der Waals surface area contributed by atoms with Gasteiger partial charge in [-0.05, 0) is 120 Å². The Morgan fingerprint density at radius 1 is 0.800 bits per heavy atom. The van der Waals surface area contributed by atoms with Gasteiger partial charge in [-0.2, -0.15) is 25.3 Å². The Hall–Kier alpha value is 0.894. The van der Waals surface area contributed by atoms with Crippen LogP contribution in [-0.2, 0) is 26.6 Å². The van der Waals surface area contributed by atoms with Crippen molar-refractivity contribution in [2.75, 3.05) is 0 Å². The molecule has 0 aromatic carbocycles. The zero-order valence-corrected chi connectivity index (χ0v) is 30.5. The summed E-state index contributed by atoms with van der Waals surface area (Å²) in [5.74, 6) is 0. The van der Waals surface area contributed by atoms with Gasteiger partial charge in [0.15, 0.2) is 0 Å². The zero-order chi connectivity index (χ0) is 29.6. The summed E-state index contributed by atoms with van der Waals surface area (Å²) < 4.78 is 41.6. The van der Waals surface area contributed by atoms with E-state index in [9.17, 15) is 0 Å². The maximum Gasteiger partial charge on any atom is 0.505 e. The minimum absolute atomic E-state index is 0.101. The molecule has 0 spiro atoms. The van der Waals surface area contributed by atoms with Crippen LogP contribution in [-0.4, -0.2) is 63.2 Å². The minimum atomic E-state index is -3.04. The SMILES string of the molecule is CC1CC(C)(C)O[Si](OC(C)CC(C)(C)O[Si]2(C3CCCC(S)C3)OC(C)CC(C)(C)O2)(C2CCCC(S)C2)O1. The number of hydrogen-bond donors (Lipinski definition) is 2. The smallest absolute Gasteiger partial charge is 0.370 e. The van der Waals surface area contributed by atoms with Crippen LogP contribution in [0.4, 0.5) is 0 Å². The van der Waals surface area contributed by atoms with Crippen molar-refractivity contribution in [3.8, 4) is 0 Å². The van der Waals surface area contributed by atoms with Crippen molar-refractivity contribution in [3.05, 3.63) is 0 Å². The van der Waals surface area contributed by atoms with Gasteiger partial charge in [0.1, 0.15) is 0 Å². The third kappa shape index (κ3) is 8.53. The molecule has 2 aliphatic heterocycles. The summed E-state index contributed by atoms with van der Waals surface area (Å²) in [6.45, 7) is 19.6. The van der Waals surface area contributed by atoms with E-state index in [0.29, 0.717) is 16.9 Å². The van der Waals surface area contributed by atoms with Crippen LogP contribution in [0.3, 0.4) is 0 Å². The molecular formula is C30H58O6S2Si2. The van der Waals surface area contributed by atoms with Crippen LogP contribution in [0.1, 0.15) is 133 Å². The van der Waals surface area contributed by atoms with Crippen molar-refractivity contribution < 1.29 is 26.6 Å². The quantitative estimate of drug-likeness (QED) is 0.208. The molecule has 2 saturated carbocycles. The third-order valence-corrected chi connectivity index (χ3v) is 17.7. The first-order chi connectivity index (χ1) is 18.4. The fraction of sp³-hybridized carbons (Fsp3) is 1.00. The highest BCUT2D eigenvalue weighted by molar-refractivity contribution is 7.81. The largest absolute Gasteiger partial charge is 0.505 e. The predicted octanol–water partition coefficient (Wildman–Crippen LogP) is 8.15. The molecule has 0 aromatic rings. The maximum absolute atomic E-state index is 7.18. The lowest BCUT2D eigenvalue weighted by Gasteiger charge is -2.52. The molecule has 6 nitrogen and oxygen atoms in total. The molecule has 2 heterocycles. The van der Waals surface area contributed by atoms with Crippen LogP contribution in [0.15, 0.2) is 0 Å². The molecule has 40 heavy (non-hydrogen) atoms. The Morgan fingerprint density at radius 2 is 1.25 bits per heavy atom. The summed E-state index contributed by atoms with van der Waals surface area (Å²) in [4.78, 5) is 0. The highest BCUT2D eigenvalue weighted by Gasteiger charge is 2.61. The van der Waals surface area contributed by atoms with Gasteiger partial charge < -0.3 is 26.6 Å². The van der Waals surface area contributed by atoms with Gasteiger partial charge in [-0.1, -0.05) is 12.8 Å². The van der Waals surface area contributed by atoms with Crippen molar-refractivity contribution in [3.63, 3.8) is 0 Å². The second-order valence-corrected chi connectivity index (χ2v) is 22.1. The molecular weight excluding hydrogens is 577 g/mol. The fourth-order valence-electron chi connectivity index (χ4n) is 7.98. The lowest BCUT2D eigenvalue weighted by atomic mass is 9.99. The highest BCUT2D eigenvalue weighted by Crippen LogP contribution is 2.49. The van der Waals surface area contributed by atoms with E-state index in [1.165, 1.54) is 0 Å². The molecule has 4 fully saturated rings. The van der Waals surface area contributed by atoms with E-state index in [1.54, 1.807) is 0 Å². The number of rotatable bonds is 8. The van der Waals surface area contributed by atoms with E-state index < -0.39 is 23.2 Å². The van der Waals surface area contributed by atoms with E-state index in [-0.39, 0.29) is 40.6 Å². The van der Waals surface area contributed by atoms with Crippen molar-refractivity contribution in [1.29, 1.82) is 0 Å². The molecule has 234 valence electrons. The number of thiol groups is 2. The second-order valence-electron chi connectivity index (χ2n) is 15.2. The standard InChI is InChI=1S/C30H58O6S2Si2/c1-21-18-28(4,5)34-39(31-21,26-14-10-12-24(37)16-26)32-22(2)19-29(6,7)35-40(27-15-11-13-25(38)17-27)33-23(3)20-30(8,9)36-40/h21-27,37-38H,10-20H2,1-9H3. The molecule has 0 N–H and O–H groups in total. The first-order valence-corrected chi connectivity index (χ1v) is 20.6. The van der Waals surface area contributed by atoms with Gasteiger partial charge in [-0.25, -0.2) is 0 Å². The van der Waals surface area contributed by atoms with Crippen molar-refractivity contribution in [2.45, 2.75) is 190 Å². The summed E-state index contributed by atoms with van der Waals surface area (Å²) in [7, 11) is -6.03. The molecule has 0 bridgehead atoms. The van der Waals surface area contributed by atoms with Crippen molar-refractivity contribution in [2.24, 2.45) is 0 Å². The van der Waals surface area contributed by atoms with E-state index in [0.717, 1.165) is 64.2 Å². The first kappa shape index (κ1) is 33.8. The number of hydrogen-bond acceptors (Lipinski definition) is 8. The van der Waals surface area contributed by atoms with Crippen molar-refractivity contribution >= 4 is 42.9 Å².